The molecule has 0 atom stereocenters. The van der Waals surface area contributed by atoms with Crippen LogP contribution in [0.25, 0.3) is 0 Å². The summed E-state index contributed by atoms with van der Waals surface area (Å²) in [6, 6.07) is 2.90. The Balaban J connectivity index is 2.30. The molecule has 0 spiro atoms. The van der Waals surface area contributed by atoms with E-state index in [0.717, 1.165) is 6.07 Å². The molecule has 0 unspecified atom stereocenters. The Kier molecular flexibility index (Phi) is 5.70. The van der Waals surface area contributed by atoms with Crippen LogP contribution >= 0.6 is 0 Å². The SMILES string of the molecule is CCOC1CCN(c2ccc(S(=O)(=O)C(F)F)cc2[N+](=O)[O-])CC1. The Labute approximate surface area is 138 Å². The van der Waals surface area contributed by atoms with Crippen LogP contribution in [0.1, 0.15) is 19.8 Å². The van der Waals surface area contributed by atoms with Gasteiger partial charge < -0.3 is 9.64 Å². The van der Waals surface area contributed by atoms with Gasteiger partial charge in [0.1, 0.15) is 5.69 Å². The number of nitrogens with zero attached hydrogens (tertiary/aromatic N) is 2. The van der Waals surface area contributed by atoms with Gasteiger partial charge in [-0.1, -0.05) is 0 Å². The zero-order chi connectivity index (χ0) is 17.9. The normalized spacial score (nSPS) is 16.6. The van der Waals surface area contributed by atoms with E-state index in [1.165, 1.54) is 6.07 Å². The summed E-state index contributed by atoms with van der Waals surface area (Å²) in [7, 11) is -4.87. The minimum atomic E-state index is -4.87. The molecule has 134 valence electrons. The number of halogens is 2. The number of piperidine rings is 1. The third kappa shape index (κ3) is 3.81. The van der Waals surface area contributed by atoms with Crippen molar-refractivity contribution in [2.45, 2.75) is 36.5 Å². The zero-order valence-corrected chi connectivity index (χ0v) is 13.8. The van der Waals surface area contributed by atoms with Crippen molar-refractivity contribution in [2.24, 2.45) is 0 Å². The van der Waals surface area contributed by atoms with Crippen LogP contribution in [-0.4, -0.2) is 44.9 Å². The first-order valence-electron chi connectivity index (χ1n) is 7.44. The summed E-state index contributed by atoms with van der Waals surface area (Å²) in [5, 5.41) is 11.3. The standard InChI is InChI=1S/C14H18F2N2O5S/c1-2-23-10-5-7-17(8-6-10)12-4-3-11(9-13(12)18(19)20)24(21,22)14(15)16/h3-4,9-10,14H,2,5-8H2,1H3. The fourth-order valence-corrected chi connectivity index (χ4v) is 3.44. The van der Waals surface area contributed by atoms with E-state index in [0.29, 0.717) is 38.6 Å². The van der Waals surface area contributed by atoms with Crippen LogP contribution in [0, 0.1) is 10.1 Å². The third-order valence-electron chi connectivity index (χ3n) is 3.89. The molecule has 0 radical (unpaired) electrons. The topological polar surface area (TPSA) is 89.8 Å². The number of nitro benzene ring substituents is 1. The molecule has 1 fully saturated rings. The van der Waals surface area contributed by atoms with E-state index >= 15 is 0 Å². The van der Waals surface area contributed by atoms with Crippen LogP contribution in [0.4, 0.5) is 20.2 Å². The molecule has 1 aromatic carbocycles. The Hall–Kier alpha value is -1.81. The van der Waals surface area contributed by atoms with Crippen molar-refractivity contribution in [1.82, 2.24) is 0 Å². The summed E-state index contributed by atoms with van der Waals surface area (Å²) in [5.41, 5.74) is -0.269. The Morgan fingerprint density at radius 2 is 2.00 bits per heavy atom. The molecule has 7 nitrogen and oxygen atoms in total. The monoisotopic (exact) mass is 364 g/mol. The van der Waals surface area contributed by atoms with Gasteiger partial charge in [-0.3, -0.25) is 10.1 Å². The van der Waals surface area contributed by atoms with Gasteiger partial charge in [-0.25, -0.2) is 8.42 Å². The molecule has 0 aromatic heterocycles. The quantitative estimate of drug-likeness (QED) is 0.569. The van der Waals surface area contributed by atoms with Gasteiger partial charge in [-0.2, -0.15) is 8.78 Å². The van der Waals surface area contributed by atoms with Gasteiger partial charge in [0.25, 0.3) is 5.69 Å². The minimum Gasteiger partial charge on any atom is -0.378 e. The van der Waals surface area contributed by atoms with Crippen LogP contribution in [0.5, 0.6) is 0 Å². The Morgan fingerprint density at radius 3 is 2.50 bits per heavy atom. The number of rotatable bonds is 6. The maximum atomic E-state index is 12.6. The highest BCUT2D eigenvalue weighted by atomic mass is 32.2. The summed E-state index contributed by atoms with van der Waals surface area (Å²) < 4.78 is 53.8. The predicted octanol–water partition coefficient (Wildman–Crippen LogP) is 2.60. The predicted molar refractivity (Wildman–Crippen MR) is 83.1 cm³/mol. The lowest BCUT2D eigenvalue weighted by Crippen LogP contribution is -2.37. The van der Waals surface area contributed by atoms with E-state index < -0.39 is 31.1 Å². The van der Waals surface area contributed by atoms with Crippen LogP contribution in [-0.2, 0) is 14.6 Å². The second kappa shape index (κ2) is 7.39. The highest BCUT2D eigenvalue weighted by Crippen LogP contribution is 2.34. The van der Waals surface area contributed by atoms with Crippen molar-refractivity contribution in [3.63, 3.8) is 0 Å². The molecular formula is C14H18F2N2O5S. The molecule has 1 aliphatic rings. The van der Waals surface area contributed by atoms with Crippen molar-refractivity contribution in [1.29, 1.82) is 0 Å². The smallest absolute Gasteiger partial charge is 0.341 e. The molecule has 1 saturated heterocycles. The molecule has 0 saturated carbocycles. The molecule has 24 heavy (non-hydrogen) atoms. The number of nitro groups is 1. The summed E-state index contributed by atoms with van der Waals surface area (Å²) in [4.78, 5) is 11.5. The molecule has 1 aliphatic heterocycles. The number of sulfone groups is 1. The van der Waals surface area contributed by atoms with Crippen molar-refractivity contribution in [3.8, 4) is 0 Å². The zero-order valence-electron chi connectivity index (χ0n) is 13.0. The fourth-order valence-electron chi connectivity index (χ4n) is 2.70. The van der Waals surface area contributed by atoms with Gasteiger partial charge in [-0.05, 0) is 31.9 Å². The largest absolute Gasteiger partial charge is 0.378 e. The van der Waals surface area contributed by atoms with E-state index in [1.807, 2.05) is 6.92 Å². The Morgan fingerprint density at radius 1 is 1.38 bits per heavy atom. The Bertz CT molecular complexity index is 703. The maximum absolute atomic E-state index is 12.6. The molecule has 1 heterocycles. The second-order valence-corrected chi connectivity index (χ2v) is 7.27. The summed E-state index contributed by atoms with van der Waals surface area (Å²) in [6.07, 6.45) is 1.45. The minimum absolute atomic E-state index is 0.0868. The molecular weight excluding hydrogens is 346 g/mol. The van der Waals surface area contributed by atoms with Gasteiger partial charge in [-0.15, -0.1) is 0 Å². The third-order valence-corrected chi connectivity index (χ3v) is 5.27. The van der Waals surface area contributed by atoms with E-state index in [4.69, 9.17) is 4.74 Å². The molecule has 2 rings (SSSR count). The summed E-state index contributed by atoms with van der Waals surface area (Å²) >= 11 is 0. The summed E-state index contributed by atoms with van der Waals surface area (Å²) in [6.45, 7) is 3.49. The maximum Gasteiger partial charge on any atom is 0.341 e. The number of ether oxygens (including phenoxy) is 1. The van der Waals surface area contributed by atoms with Crippen LogP contribution in [0.2, 0.25) is 0 Å². The number of hydrogen-bond acceptors (Lipinski definition) is 6. The lowest BCUT2D eigenvalue weighted by atomic mass is 10.1. The van der Waals surface area contributed by atoms with Gasteiger partial charge in [0.2, 0.25) is 9.84 Å². The van der Waals surface area contributed by atoms with Crippen LogP contribution in [0.3, 0.4) is 0 Å². The number of benzene rings is 1. The fraction of sp³-hybridized carbons (Fsp3) is 0.571. The van der Waals surface area contributed by atoms with E-state index in [1.54, 1.807) is 4.90 Å². The molecule has 0 aliphatic carbocycles. The lowest BCUT2D eigenvalue weighted by molar-refractivity contribution is -0.384. The first-order valence-corrected chi connectivity index (χ1v) is 8.99. The average Bonchev–Trinajstić information content (AvgIpc) is 2.55. The van der Waals surface area contributed by atoms with Crippen molar-refractivity contribution < 1.29 is 26.9 Å². The summed E-state index contributed by atoms with van der Waals surface area (Å²) in [5.74, 6) is -3.62. The van der Waals surface area contributed by atoms with Gasteiger partial charge >= 0.3 is 5.76 Å². The molecule has 0 amide bonds. The first-order chi connectivity index (χ1) is 11.3. The van der Waals surface area contributed by atoms with Crippen molar-refractivity contribution in [3.05, 3.63) is 28.3 Å². The number of hydrogen-bond donors (Lipinski definition) is 0. The molecule has 10 heteroatoms. The molecule has 0 bridgehead atoms. The highest BCUT2D eigenvalue weighted by molar-refractivity contribution is 7.91. The van der Waals surface area contributed by atoms with Crippen molar-refractivity contribution >= 4 is 21.2 Å². The van der Waals surface area contributed by atoms with Crippen LogP contribution in [0.15, 0.2) is 23.1 Å². The highest BCUT2D eigenvalue weighted by Gasteiger charge is 2.31. The van der Waals surface area contributed by atoms with Gasteiger partial charge in [0.05, 0.1) is 15.9 Å². The van der Waals surface area contributed by atoms with E-state index in [-0.39, 0.29) is 11.8 Å². The number of alkyl halides is 2. The van der Waals surface area contributed by atoms with Crippen molar-refractivity contribution in [2.75, 3.05) is 24.6 Å². The second-order valence-electron chi connectivity index (χ2n) is 5.36. The number of anilines is 1. The van der Waals surface area contributed by atoms with Gasteiger partial charge in [0.15, 0.2) is 0 Å². The van der Waals surface area contributed by atoms with E-state index in [2.05, 4.69) is 0 Å². The first kappa shape index (κ1) is 18.5. The average molecular weight is 364 g/mol. The van der Waals surface area contributed by atoms with Gasteiger partial charge in [0, 0.05) is 25.8 Å². The molecule has 1 aromatic rings. The molecule has 0 N–H and O–H groups in total. The van der Waals surface area contributed by atoms with E-state index in [9.17, 15) is 27.3 Å². The lowest BCUT2D eigenvalue weighted by Gasteiger charge is -2.33. The van der Waals surface area contributed by atoms with Crippen LogP contribution < -0.4 is 4.90 Å².